The quantitative estimate of drug-likeness (QED) is 0.315. The molecular weight excluding hydrogens is 444 g/mol. The van der Waals surface area contributed by atoms with Crippen molar-refractivity contribution in [1.82, 2.24) is 20.1 Å². The van der Waals surface area contributed by atoms with Gasteiger partial charge in [0.2, 0.25) is 5.91 Å². The van der Waals surface area contributed by atoms with Crippen molar-refractivity contribution >= 4 is 17.7 Å². The molecule has 0 saturated carbocycles. The topological polar surface area (TPSA) is 69.0 Å². The van der Waals surface area contributed by atoms with E-state index in [9.17, 15) is 4.79 Å². The molecule has 4 rings (SSSR count). The van der Waals surface area contributed by atoms with Gasteiger partial charge in [0.15, 0.2) is 11.0 Å². The van der Waals surface area contributed by atoms with Gasteiger partial charge < -0.3 is 10.1 Å². The van der Waals surface area contributed by atoms with E-state index in [1.807, 2.05) is 65.2 Å². The first-order valence-electron chi connectivity index (χ1n) is 11.3. The zero-order valence-corrected chi connectivity index (χ0v) is 20.0. The van der Waals surface area contributed by atoms with E-state index in [0.717, 1.165) is 29.1 Å². The average molecular weight is 473 g/mol. The van der Waals surface area contributed by atoms with Gasteiger partial charge in [-0.1, -0.05) is 91.5 Å². The molecular formula is C27H28N4O2S. The van der Waals surface area contributed by atoms with Crippen LogP contribution in [0.4, 0.5) is 0 Å². The maximum absolute atomic E-state index is 12.4. The Labute approximate surface area is 204 Å². The summed E-state index contributed by atoms with van der Waals surface area (Å²) in [7, 11) is 0. The summed E-state index contributed by atoms with van der Waals surface area (Å²) in [5, 5.41) is 12.4. The second kappa shape index (κ2) is 12.0. The molecule has 3 aromatic carbocycles. The molecule has 0 atom stereocenters. The highest BCUT2D eigenvalue weighted by molar-refractivity contribution is 7.99. The molecule has 6 nitrogen and oxygen atoms in total. The Balaban J connectivity index is 1.41. The third-order valence-corrected chi connectivity index (χ3v) is 6.31. The number of amides is 1. The normalized spacial score (nSPS) is 10.7. The third kappa shape index (κ3) is 6.71. The van der Waals surface area contributed by atoms with Gasteiger partial charge in [0.1, 0.15) is 12.4 Å². The minimum Gasteiger partial charge on any atom is -0.486 e. The Kier molecular flexibility index (Phi) is 8.35. The molecule has 0 aliphatic rings. The van der Waals surface area contributed by atoms with Gasteiger partial charge in [-0.3, -0.25) is 9.36 Å². The van der Waals surface area contributed by atoms with Crippen molar-refractivity contribution in [2.24, 2.45) is 0 Å². The van der Waals surface area contributed by atoms with Gasteiger partial charge in [0.05, 0.1) is 12.3 Å². The highest BCUT2D eigenvalue weighted by Crippen LogP contribution is 2.21. The van der Waals surface area contributed by atoms with Gasteiger partial charge in [-0.05, 0) is 35.2 Å². The monoisotopic (exact) mass is 472 g/mol. The Bertz CT molecular complexity index is 1180. The minimum atomic E-state index is -0.0445. The molecule has 34 heavy (non-hydrogen) atoms. The maximum Gasteiger partial charge on any atom is 0.230 e. The lowest BCUT2D eigenvalue weighted by Crippen LogP contribution is -2.24. The maximum atomic E-state index is 12.4. The highest BCUT2D eigenvalue weighted by atomic mass is 32.2. The Morgan fingerprint density at radius 3 is 2.24 bits per heavy atom. The largest absolute Gasteiger partial charge is 0.486 e. The lowest BCUT2D eigenvalue weighted by molar-refractivity contribution is -0.118. The zero-order valence-electron chi connectivity index (χ0n) is 19.2. The molecule has 0 fully saturated rings. The summed E-state index contributed by atoms with van der Waals surface area (Å²) >= 11 is 1.38. The van der Waals surface area contributed by atoms with Crippen molar-refractivity contribution < 1.29 is 9.53 Å². The lowest BCUT2D eigenvalue weighted by Gasteiger charge is -2.12. The Morgan fingerprint density at radius 2 is 1.56 bits per heavy atom. The molecule has 1 aromatic heterocycles. The summed E-state index contributed by atoms with van der Waals surface area (Å²) in [4.78, 5) is 12.4. The van der Waals surface area contributed by atoms with Crippen molar-refractivity contribution in [2.75, 3.05) is 5.75 Å². The number of thioether (sulfide) groups is 1. The van der Waals surface area contributed by atoms with Crippen LogP contribution < -0.4 is 10.1 Å². The van der Waals surface area contributed by atoms with Gasteiger partial charge in [-0.15, -0.1) is 10.2 Å². The van der Waals surface area contributed by atoms with Gasteiger partial charge in [0.25, 0.3) is 0 Å². The van der Waals surface area contributed by atoms with Crippen molar-refractivity contribution in [3.05, 3.63) is 107 Å². The Hall–Kier alpha value is -3.58. The number of rotatable bonds is 11. The van der Waals surface area contributed by atoms with Crippen molar-refractivity contribution in [1.29, 1.82) is 0 Å². The van der Waals surface area contributed by atoms with Crippen LogP contribution in [0.5, 0.6) is 5.75 Å². The minimum absolute atomic E-state index is 0.0445. The predicted octanol–water partition coefficient (Wildman–Crippen LogP) is 4.88. The lowest BCUT2D eigenvalue weighted by atomic mass is 10.2. The number of hydrogen-bond donors (Lipinski definition) is 1. The first kappa shape index (κ1) is 23.6. The van der Waals surface area contributed by atoms with E-state index >= 15 is 0 Å². The molecule has 0 radical (unpaired) electrons. The number of ether oxygens (including phenoxy) is 1. The van der Waals surface area contributed by atoms with Crippen LogP contribution in [0.2, 0.25) is 0 Å². The van der Waals surface area contributed by atoms with E-state index in [2.05, 4.69) is 46.7 Å². The molecule has 1 heterocycles. The van der Waals surface area contributed by atoms with E-state index in [0.29, 0.717) is 24.9 Å². The molecule has 0 spiro atoms. The van der Waals surface area contributed by atoms with Gasteiger partial charge >= 0.3 is 0 Å². The van der Waals surface area contributed by atoms with Crippen LogP contribution in [-0.2, 0) is 30.9 Å². The third-order valence-electron chi connectivity index (χ3n) is 5.34. The SMILES string of the molecule is CCc1ccc(OCc2nnc(SCC(=O)NCc3ccccc3)n2Cc2ccccc2)cc1. The number of carbonyl (C=O) groups excluding carboxylic acids is 1. The second-order valence-electron chi connectivity index (χ2n) is 7.81. The summed E-state index contributed by atoms with van der Waals surface area (Å²) in [5.74, 6) is 1.73. The summed E-state index contributed by atoms with van der Waals surface area (Å²) in [6.07, 6.45) is 0.991. The molecule has 7 heteroatoms. The average Bonchev–Trinajstić information content (AvgIpc) is 3.27. The highest BCUT2D eigenvalue weighted by Gasteiger charge is 2.15. The van der Waals surface area contributed by atoms with Crippen LogP contribution in [-0.4, -0.2) is 26.4 Å². The number of carbonyl (C=O) groups is 1. The van der Waals surface area contributed by atoms with E-state index < -0.39 is 0 Å². The van der Waals surface area contributed by atoms with Crippen molar-refractivity contribution in [3.63, 3.8) is 0 Å². The van der Waals surface area contributed by atoms with Crippen LogP contribution in [0.25, 0.3) is 0 Å². The summed E-state index contributed by atoms with van der Waals surface area (Å²) < 4.78 is 8.00. The van der Waals surface area contributed by atoms with E-state index in [4.69, 9.17) is 4.74 Å². The number of aryl methyl sites for hydroxylation is 1. The summed E-state index contributed by atoms with van der Waals surface area (Å²) in [6.45, 7) is 3.54. The van der Waals surface area contributed by atoms with Crippen LogP contribution >= 0.6 is 11.8 Å². The molecule has 174 valence electrons. The number of nitrogens with one attached hydrogen (secondary N) is 1. The van der Waals surface area contributed by atoms with Crippen molar-refractivity contribution in [2.45, 2.75) is 38.2 Å². The molecule has 0 saturated heterocycles. The molecule has 0 unspecified atom stereocenters. The number of benzene rings is 3. The fraction of sp³-hybridized carbons (Fsp3) is 0.222. The summed E-state index contributed by atoms with van der Waals surface area (Å²) in [6, 6.07) is 28.1. The predicted molar refractivity (Wildman–Crippen MR) is 135 cm³/mol. The van der Waals surface area contributed by atoms with Crippen molar-refractivity contribution in [3.8, 4) is 5.75 Å². The fourth-order valence-electron chi connectivity index (χ4n) is 3.40. The fourth-order valence-corrected chi connectivity index (χ4v) is 4.19. The molecule has 0 bridgehead atoms. The molecule has 1 N–H and O–H groups in total. The Morgan fingerprint density at radius 1 is 0.882 bits per heavy atom. The smallest absolute Gasteiger partial charge is 0.230 e. The van der Waals surface area contributed by atoms with Crippen LogP contribution in [0.3, 0.4) is 0 Å². The van der Waals surface area contributed by atoms with Crippen LogP contribution in [0, 0.1) is 0 Å². The second-order valence-corrected chi connectivity index (χ2v) is 8.75. The van der Waals surface area contributed by atoms with Gasteiger partial charge in [-0.2, -0.15) is 0 Å². The summed E-state index contributed by atoms with van der Waals surface area (Å²) in [5.41, 5.74) is 3.47. The molecule has 0 aliphatic heterocycles. The van der Waals surface area contributed by atoms with Crippen LogP contribution in [0.1, 0.15) is 29.4 Å². The first-order valence-corrected chi connectivity index (χ1v) is 12.3. The molecule has 1 amide bonds. The van der Waals surface area contributed by atoms with E-state index in [1.54, 1.807) is 0 Å². The zero-order chi connectivity index (χ0) is 23.6. The van der Waals surface area contributed by atoms with Gasteiger partial charge in [-0.25, -0.2) is 0 Å². The van der Waals surface area contributed by atoms with Crippen LogP contribution in [0.15, 0.2) is 90.1 Å². The van der Waals surface area contributed by atoms with Gasteiger partial charge in [0, 0.05) is 6.54 Å². The number of nitrogens with zero attached hydrogens (tertiary/aromatic N) is 3. The first-order chi connectivity index (χ1) is 16.7. The molecule has 0 aliphatic carbocycles. The van der Waals surface area contributed by atoms with E-state index in [1.165, 1.54) is 17.3 Å². The molecule has 4 aromatic rings. The number of hydrogen-bond acceptors (Lipinski definition) is 5. The standard InChI is InChI=1S/C27H28N4O2S/c1-2-21-13-15-24(16-14-21)33-19-25-29-30-27(31(25)18-23-11-7-4-8-12-23)34-20-26(32)28-17-22-9-5-3-6-10-22/h3-16H,2,17-20H2,1H3,(H,28,32). The number of aromatic nitrogens is 3. The van der Waals surface area contributed by atoms with E-state index in [-0.39, 0.29) is 11.7 Å².